The van der Waals surface area contributed by atoms with Crippen molar-refractivity contribution in [2.75, 3.05) is 18.8 Å². The van der Waals surface area contributed by atoms with Gasteiger partial charge in [0.2, 0.25) is 0 Å². The van der Waals surface area contributed by atoms with E-state index < -0.39 is 0 Å². The molecule has 3 nitrogen and oxygen atoms in total. The quantitative estimate of drug-likeness (QED) is 0.531. The molecular weight excluding hydrogens is 236 g/mol. The van der Waals surface area contributed by atoms with Crippen LogP contribution >= 0.6 is 0 Å². The van der Waals surface area contributed by atoms with E-state index in [2.05, 4.69) is 18.3 Å². The number of nitrogens with one attached hydrogen (secondary N) is 1. The Balaban J connectivity index is 2.33. The van der Waals surface area contributed by atoms with Crippen LogP contribution in [0, 0.1) is 0 Å². The molecule has 108 valence electrons. The summed E-state index contributed by atoms with van der Waals surface area (Å²) < 4.78 is 5.63. The predicted molar refractivity (Wildman–Crippen MR) is 82.7 cm³/mol. The average molecular weight is 264 g/mol. The zero-order valence-corrected chi connectivity index (χ0v) is 12.5. The maximum atomic E-state index is 6.00. The maximum Gasteiger partial charge on any atom is 0.142 e. The minimum atomic E-state index is 0.163. The summed E-state index contributed by atoms with van der Waals surface area (Å²) in [5, 5.41) is 3.45. The maximum absolute atomic E-state index is 6.00. The van der Waals surface area contributed by atoms with Gasteiger partial charge in [-0.1, -0.05) is 19.4 Å². The van der Waals surface area contributed by atoms with E-state index in [0.717, 1.165) is 37.4 Å². The molecule has 0 atom stereocenters. The fraction of sp³-hybridized carbons (Fsp3) is 0.625. The molecule has 0 bridgehead atoms. The Kier molecular flexibility index (Phi) is 7.34. The number of nitrogens with two attached hydrogens (primary N) is 1. The molecule has 0 aliphatic rings. The van der Waals surface area contributed by atoms with Crippen LogP contribution in [0.2, 0.25) is 0 Å². The molecule has 0 aromatic heterocycles. The first-order valence-electron chi connectivity index (χ1n) is 7.39. The Labute approximate surface area is 117 Å². The Morgan fingerprint density at radius 3 is 2.58 bits per heavy atom. The van der Waals surface area contributed by atoms with E-state index in [-0.39, 0.29) is 6.10 Å². The fourth-order valence-electron chi connectivity index (χ4n) is 1.96. The third-order valence-corrected chi connectivity index (χ3v) is 2.96. The van der Waals surface area contributed by atoms with E-state index in [1.807, 2.05) is 26.0 Å². The average Bonchev–Trinajstić information content (AvgIpc) is 2.36. The molecule has 0 spiro atoms. The Morgan fingerprint density at radius 1 is 1.21 bits per heavy atom. The number of benzene rings is 1. The molecule has 0 unspecified atom stereocenters. The summed E-state index contributed by atoms with van der Waals surface area (Å²) in [5.41, 5.74) is 8.02. The van der Waals surface area contributed by atoms with Crippen LogP contribution in [0.1, 0.15) is 45.6 Å². The van der Waals surface area contributed by atoms with Gasteiger partial charge in [0.25, 0.3) is 0 Å². The standard InChI is InChI=1S/C16H28N2O/c1-4-5-10-18-11-6-7-14-8-9-16(15(17)12-14)19-13(2)3/h8-9,12-13,18H,4-7,10-11,17H2,1-3H3. The molecular formula is C16H28N2O. The van der Waals surface area contributed by atoms with Gasteiger partial charge in [0, 0.05) is 0 Å². The van der Waals surface area contributed by atoms with Crippen LogP contribution in [-0.4, -0.2) is 19.2 Å². The molecule has 1 aromatic carbocycles. The Bertz CT molecular complexity index is 364. The normalized spacial score (nSPS) is 10.9. The minimum absolute atomic E-state index is 0.163. The highest BCUT2D eigenvalue weighted by molar-refractivity contribution is 5.54. The molecule has 1 rings (SSSR count). The summed E-state index contributed by atoms with van der Waals surface area (Å²) >= 11 is 0. The summed E-state index contributed by atoms with van der Waals surface area (Å²) in [7, 11) is 0. The van der Waals surface area contributed by atoms with Crippen molar-refractivity contribution in [2.24, 2.45) is 0 Å². The fourth-order valence-corrected chi connectivity index (χ4v) is 1.96. The Hall–Kier alpha value is -1.22. The van der Waals surface area contributed by atoms with E-state index in [1.54, 1.807) is 0 Å². The summed E-state index contributed by atoms with van der Waals surface area (Å²) in [6.07, 6.45) is 4.88. The monoisotopic (exact) mass is 264 g/mol. The zero-order chi connectivity index (χ0) is 14.1. The van der Waals surface area contributed by atoms with E-state index in [4.69, 9.17) is 10.5 Å². The van der Waals surface area contributed by atoms with Crippen LogP contribution in [0.5, 0.6) is 5.75 Å². The SMILES string of the molecule is CCCCNCCCc1ccc(OC(C)C)c(N)c1. The second-order valence-electron chi connectivity index (χ2n) is 5.25. The summed E-state index contributed by atoms with van der Waals surface area (Å²) in [6, 6.07) is 6.12. The van der Waals surface area contributed by atoms with Crippen molar-refractivity contribution < 1.29 is 4.74 Å². The number of anilines is 1. The van der Waals surface area contributed by atoms with Gasteiger partial charge in [-0.05, 0) is 63.9 Å². The Morgan fingerprint density at radius 2 is 1.95 bits per heavy atom. The highest BCUT2D eigenvalue weighted by Gasteiger charge is 2.04. The van der Waals surface area contributed by atoms with Crippen LogP contribution in [-0.2, 0) is 6.42 Å². The first kappa shape index (κ1) is 15.8. The molecule has 3 N–H and O–H groups in total. The molecule has 0 saturated carbocycles. The zero-order valence-electron chi connectivity index (χ0n) is 12.5. The van der Waals surface area contributed by atoms with E-state index in [1.165, 1.54) is 18.4 Å². The molecule has 0 radical (unpaired) electrons. The lowest BCUT2D eigenvalue weighted by atomic mass is 10.1. The van der Waals surface area contributed by atoms with Gasteiger partial charge in [0.15, 0.2) is 0 Å². The smallest absolute Gasteiger partial charge is 0.142 e. The van der Waals surface area contributed by atoms with Gasteiger partial charge in [-0.2, -0.15) is 0 Å². The molecule has 0 aliphatic carbocycles. The largest absolute Gasteiger partial charge is 0.489 e. The number of nitrogen functional groups attached to an aromatic ring is 1. The van der Waals surface area contributed by atoms with Crippen LogP contribution in [0.4, 0.5) is 5.69 Å². The molecule has 1 aromatic rings. The summed E-state index contributed by atoms with van der Waals surface area (Å²) in [5.74, 6) is 0.792. The number of aryl methyl sites for hydroxylation is 1. The first-order chi connectivity index (χ1) is 9.13. The lowest BCUT2D eigenvalue weighted by molar-refractivity contribution is 0.244. The third-order valence-electron chi connectivity index (χ3n) is 2.96. The van der Waals surface area contributed by atoms with Crippen molar-refractivity contribution in [3.05, 3.63) is 23.8 Å². The van der Waals surface area contributed by atoms with Gasteiger partial charge in [0.1, 0.15) is 5.75 Å². The van der Waals surface area contributed by atoms with Gasteiger partial charge < -0.3 is 15.8 Å². The highest BCUT2D eigenvalue weighted by atomic mass is 16.5. The lowest BCUT2D eigenvalue weighted by Crippen LogP contribution is -2.17. The van der Waals surface area contributed by atoms with Crippen molar-refractivity contribution in [3.63, 3.8) is 0 Å². The van der Waals surface area contributed by atoms with Crippen molar-refractivity contribution in [1.82, 2.24) is 5.32 Å². The number of rotatable bonds is 9. The van der Waals surface area contributed by atoms with E-state index in [0.29, 0.717) is 0 Å². The molecule has 0 saturated heterocycles. The van der Waals surface area contributed by atoms with Crippen LogP contribution in [0.3, 0.4) is 0 Å². The van der Waals surface area contributed by atoms with Gasteiger partial charge in [-0.3, -0.25) is 0 Å². The number of hydrogen-bond donors (Lipinski definition) is 2. The number of ether oxygens (including phenoxy) is 1. The lowest BCUT2D eigenvalue weighted by Gasteiger charge is -2.13. The van der Waals surface area contributed by atoms with Crippen LogP contribution in [0.25, 0.3) is 0 Å². The molecule has 3 heteroatoms. The number of hydrogen-bond acceptors (Lipinski definition) is 3. The van der Waals surface area contributed by atoms with Crippen LogP contribution in [0.15, 0.2) is 18.2 Å². The molecule has 0 fully saturated rings. The van der Waals surface area contributed by atoms with Gasteiger partial charge in [-0.15, -0.1) is 0 Å². The van der Waals surface area contributed by atoms with Crippen molar-refractivity contribution in [1.29, 1.82) is 0 Å². The molecule has 19 heavy (non-hydrogen) atoms. The third kappa shape index (κ3) is 6.48. The second-order valence-corrected chi connectivity index (χ2v) is 5.25. The second kappa shape index (κ2) is 8.81. The van der Waals surface area contributed by atoms with E-state index in [9.17, 15) is 0 Å². The van der Waals surface area contributed by atoms with Gasteiger partial charge in [0.05, 0.1) is 11.8 Å². The highest BCUT2D eigenvalue weighted by Crippen LogP contribution is 2.24. The summed E-state index contributed by atoms with van der Waals surface area (Å²) in [6.45, 7) is 8.43. The van der Waals surface area contributed by atoms with Crippen molar-refractivity contribution in [2.45, 2.75) is 52.6 Å². The predicted octanol–water partition coefficient (Wildman–Crippen LogP) is 3.38. The minimum Gasteiger partial charge on any atom is -0.489 e. The topological polar surface area (TPSA) is 47.3 Å². The molecule has 0 amide bonds. The van der Waals surface area contributed by atoms with Crippen molar-refractivity contribution >= 4 is 5.69 Å². The van der Waals surface area contributed by atoms with Gasteiger partial charge >= 0.3 is 0 Å². The van der Waals surface area contributed by atoms with E-state index >= 15 is 0 Å². The molecule has 0 aliphatic heterocycles. The molecule has 0 heterocycles. The van der Waals surface area contributed by atoms with Crippen LogP contribution < -0.4 is 15.8 Å². The number of unbranched alkanes of at least 4 members (excludes halogenated alkanes) is 1. The summed E-state index contributed by atoms with van der Waals surface area (Å²) in [4.78, 5) is 0. The van der Waals surface area contributed by atoms with Crippen molar-refractivity contribution in [3.8, 4) is 5.75 Å². The van der Waals surface area contributed by atoms with Gasteiger partial charge in [-0.25, -0.2) is 0 Å². The first-order valence-corrected chi connectivity index (χ1v) is 7.39.